The van der Waals surface area contributed by atoms with Gasteiger partial charge in [-0.15, -0.1) is 0 Å². The van der Waals surface area contributed by atoms with Gasteiger partial charge in [0.2, 0.25) is 0 Å². The van der Waals surface area contributed by atoms with Gasteiger partial charge in [0.15, 0.2) is 0 Å². The highest BCUT2D eigenvalue weighted by Crippen LogP contribution is 2.05. The fraction of sp³-hybridized carbons (Fsp3) is 0.409. The average molecular weight is 341 g/mol. The van der Waals surface area contributed by atoms with Crippen molar-refractivity contribution in [1.82, 2.24) is 0 Å². The normalized spacial score (nSPS) is 9.96. The number of hydrogen-bond donors (Lipinski definition) is 0. The molecule has 136 valence electrons. The lowest BCUT2D eigenvalue weighted by molar-refractivity contribution is -0.305. The number of carbonyl (C=O) groups excluding carboxylic acids is 1. The van der Waals surface area contributed by atoms with Gasteiger partial charge in [-0.2, -0.15) is 0 Å². The molecule has 0 saturated carbocycles. The van der Waals surface area contributed by atoms with Gasteiger partial charge in [-0.05, 0) is 24.0 Å². The molecular formula is C22H29O3-. The second-order valence-corrected chi connectivity index (χ2v) is 6.00. The molecule has 0 bridgehead atoms. The smallest absolute Gasteiger partial charge is 0.0721 e. The minimum absolute atomic E-state index is 0.226. The van der Waals surface area contributed by atoms with Crippen LogP contribution in [0.1, 0.15) is 56.6 Å². The van der Waals surface area contributed by atoms with Crippen LogP contribution in [0.2, 0.25) is 0 Å². The van der Waals surface area contributed by atoms with Crippen molar-refractivity contribution in [3.63, 3.8) is 0 Å². The maximum Gasteiger partial charge on any atom is 0.0721 e. The van der Waals surface area contributed by atoms with Gasteiger partial charge in [0.1, 0.15) is 0 Å². The SMILES string of the molecule is CCCCCCCC(=O)[O-].c1ccc(COCc2ccccc2)cc1. The van der Waals surface area contributed by atoms with Crippen molar-refractivity contribution in [2.75, 3.05) is 0 Å². The molecule has 3 nitrogen and oxygen atoms in total. The van der Waals surface area contributed by atoms with Crippen molar-refractivity contribution in [3.05, 3.63) is 71.8 Å². The van der Waals surface area contributed by atoms with Gasteiger partial charge in [0.05, 0.1) is 13.2 Å². The molecule has 0 saturated heterocycles. The number of benzene rings is 2. The van der Waals surface area contributed by atoms with Gasteiger partial charge < -0.3 is 14.6 Å². The minimum atomic E-state index is -0.920. The van der Waals surface area contributed by atoms with Crippen LogP contribution in [0.15, 0.2) is 60.7 Å². The predicted molar refractivity (Wildman–Crippen MR) is 99.8 cm³/mol. The first kappa shape index (κ1) is 20.9. The van der Waals surface area contributed by atoms with E-state index in [1.165, 1.54) is 24.0 Å². The topological polar surface area (TPSA) is 49.4 Å². The van der Waals surface area contributed by atoms with E-state index in [2.05, 4.69) is 31.2 Å². The molecule has 0 fully saturated rings. The van der Waals surface area contributed by atoms with Gasteiger partial charge in [0.25, 0.3) is 0 Å². The number of rotatable bonds is 10. The molecule has 3 heteroatoms. The second kappa shape index (κ2) is 14.2. The molecule has 0 unspecified atom stereocenters. The highest BCUT2D eigenvalue weighted by atomic mass is 16.5. The van der Waals surface area contributed by atoms with Crippen molar-refractivity contribution in [1.29, 1.82) is 0 Å². The third-order valence-electron chi connectivity index (χ3n) is 3.71. The lowest BCUT2D eigenvalue weighted by atomic mass is 10.1. The molecule has 0 radical (unpaired) electrons. The summed E-state index contributed by atoms with van der Waals surface area (Å²) in [6, 6.07) is 20.4. The lowest BCUT2D eigenvalue weighted by Gasteiger charge is -2.03. The summed E-state index contributed by atoms with van der Waals surface area (Å²) in [6.45, 7) is 3.49. The first-order valence-electron chi connectivity index (χ1n) is 9.07. The van der Waals surface area contributed by atoms with Gasteiger partial charge in [-0.3, -0.25) is 0 Å². The van der Waals surface area contributed by atoms with E-state index in [1.54, 1.807) is 0 Å². The van der Waals surface area contributed by atoms with Gasteiger partial charge in [-0.1, -0.05) is 93.3 Å². The van der Waals surface area contributed by atoms with E-state index in [0.717, 1.165) is 19.3 Å². The van der Waals surface area contributed by atoms with E-state index in [0.29, 0.717) is 13.2 Å². The third kappa shape index (κ3) is 12.0. The fourth-order valence-electron chi connectivity index (χ4n) is 2.31. The molecular weight excluding hydrogens is 312 g/mol. The lowest BCUT2D eigenvalue weighted by Crippen LogP contribution is -2.21. The Morgan fingerprint density at radius 3 is 1.72 bits per heavy atom. The first-order chi connectivity index (χ1) is 12.2. The Kier molecular flexibility index (Phi) is 11.9. The molecule has 0 amide bonds. The summed E-state index contributed by atoms with van der Waals surface area (Å²) >= 11 is 0. The Hall–Kier alpha value is -2.13. The van der Waals surface area contributed by atoms with E-state index < -0.39 is 5.97 Å². The van der Waals surface area contributed by atoms with Crippen LogP contribution in [-0.4, -0.2) is 5.97 Å². The highest BCUT2D eigenvalue weighted by Gasteiger charge is 1.93. The first-order valence-corrected chi connectivity index (χ1v) is 9.07. The van der Waals surface area contributed by atoms with Crippen molar-refractivity contribution < 1.29 is 14.6 Å². The van der Waals surface area contributed by atoms with E-state index in [1.807, 2.05) is 36.4 Å². The Bertz CT molecular complexity index is 512. The van der Waals surface area contributed by atoms with E-state index in [4.69, 9.17) is 4.74 Å². The predicted octanol–water partition coefficient (Wildman–Crippen LogP) is 4.50. The van der Waals surface area contributed by atoms with Gasteiger partial charge in [0, 0.05) is 5.97 Å². The zero-order chi connectivity index (χ0) is 18.2. The Morgan fingerprint density at radius 2 is 1.28 bits per heavy atom. The molecule has 0 aliphatic rings. The molecule has 0 aliphatic heterocycles. The van der Waals surface area contributed by atoms with Gasteiger partial charge in [-0.25, -0.2) is 0 Å². The largest absolute Gasteiger partial charge is 0.550 e. The van der Waals surface area contributed by atoms with Crippen LogP contribution in [0.3, 0.4) is 0 Å². The third-order valence-corrected chi connectivity index (χ3v) is 3.71. The Labute approximate surface area is 151 Å². The maximum atomic E-state index is 9.92. The summed E-state index contributed by atoms with van der Waals surface area (Å²) in [5, 5.41) is 9.92. The summed E-state index contributed by atoms with van der Waals surface area (Å²) in [5.74, 6) is -0.920. The summed E-state index contributed by atoms with van der Waals surface area (Å²) in [7, 11) is 0. The number of hydrogen-bond acceptors (Lipinski definition) is 3. The fourth-order valence-corrected chi connectivity index (χ4v) is 2.31. The van der Waals surface area contributed by atoms with Crippen molar-refractivity contribution in [2.24, 2.45) is 0 Å². The number of ether oxygens (including phenoxy) is 1. The zero-order valence-corrected chi connectivity index (χ0v) is 15.2. The van der Waals surface area contributed by atoms with Crippen LogP contribution in [0.5, 0.6) is 0 Å². The molecule has 0 heterocycles. The number of carboxylic acid groups (broad SMARTS) is 1. The van der Waals surface area contributed by atoms with Crippen molar-refractivity contribution in [3.8, 4) is 0 Å². The maximum absolute atomic E-state index is 9.92. The van der Waals surface area contributed by atoms with Crippen LogP contribution in [0.25, 0.3) is 0 Å². The van der Waals surface area contributed by atoms with E-state index in [9.17, 15) is 9.90 Å². The van der Waals surface area contributed by atoms with E-state index in [-0.39, 0.29) is 6.42 Å². The highest BCUT2D eigenvalue weighted by molar-refractivity contribution is 5.64. The average Bonchev–Trinajstić information content (AvgIpc) is 2.64. The summed E-state index contributed by atoms with van der Waals surface area (Å²) < 4.78 is 5.61. The zero-order valence-electron chi connectivity index (χ0n) is 15.2. The summed E-state index contributed by atoms with van der Waals surface area (Å²) in [5.41, 5.74) is 2.43. The number of carboxylic acids is 1. The molecule has 0 aliphatic carbocycles. The monoisotopic (exact) mass is 341 g/mol. The Balaban J connectivity index is 0.000000275. The number of carbonyl (C=O) groups is 1. The molecule has 25 heavy (non-hydrogen) atoms. The molecule has 0 atom stereocenters. The quantitative estimate of drug-likeness (QED) is 0.598. The van der Waals surface area contributed by atoms with Crippen LogP contribution < -0.4 is 5.11 Å². The molecule has 2 rings (SSSR count). The van der Waals surface area contributed by atoms with E-state index >= 15 is 0 Å². The standard InChI is InChI=1S/C14H14O.C8H16O2/c1-3-7-13(8-4-1)11-15-12-14-9-5-2-6-10-14;1-2-3-4-5-6-7-8(9)10/h1-10H,11-12H2;2-7H2,1H3,(H,9,10)/p-1. The van der Waals surface area contributed by atoms with Gasteiger partial charge >= 0.3 is 0 Å². The van der Waals surface area contributed by atoms with Crippen molar-refractivity contribution >= 4 is 5.97 Å². The van der Waals surface area contributed by atoms with Crippen LogP contribution >= 0.6 is 0 Å². The molecule has 2 aromatic carbocycles. The van der Waals surface area contributed by atoms with Crippen LogP contribution in [0, 0.1) is 0 Å². The summed E-state index contributed by atoms with van der Waals surface area (Å²) in [4.78, 5) is 9.92. The molecule has 0 spiro atoms. The molecule has 0 N–H and O–H groups in total. The summed E-state index contributed by atoms with van der Waals surface area (Å²) in [6.07, 6.45) is 5.61. The van der Waals surface area contributed by atoms with Crippen LogP contribution in [0.4, 0.5) is 0 Å². The van der Waals surface area contributed by atoms with Crippen LogP contribution in [-0.2, 0) is 22.7 Å². The Morgan fingerprint density at radius 1 is 0.800 bits per heavy atom. The van der Waals surface area contributed by atoms with Crippen molar-refractivity contribution in [2.45, 2.75) is 58.7 Å². The minimum Gasteiger partial charge on any atom is -0.550 e. The molecule has 2 aromatic rings. The number of aliphatic carboxylic acids is 1. The number of unbranched alkanes of at least 4 members (excludes halogenated alkanes) is 4. The second-order valence-electron chi connectivity index (χ2n) is 6.00. The molecule has 0 aromatic heterocycles.